The molecule has 0 fully saturated rings. The fourth-order valence-electron chi connectivity index (χ4n) is 1.23. The zero-order valence-corrected chi connectivity index (χ0v) is 10.6. The van der Waals surface area contributed by atoms with Crippen molar-refractivity contribution < 1.29 is 13.5 Å². The second-order valence-corrected chi connectivity index (χ2v) is 5.73. The molecule has 1 atom stereocenters. The van der Waals surface area contributed by atoms with Gasteiger partial charge in [0.15, 0.2) is 0 Å². The zero-order valence-electron chi connectivity index (χ0n) is 9.07. The van der Waals surface area contributed by atoms with E-state index in [-0.39, 0.29) is 11.5 Å². The smallest absolute Gasteiger partial charge is 0.241 e. The first kappa shape index (κ1) is 13.4. The van der Waals surface area contributed by atoms with Crippen LogP contribution in [0.15, 0.2) is 23.1 Å². The Morgan fingerprint density at radius 2 is 2.12 bits per heavy atom. The molecule has 6 heteroatoms. The van der Waals surface area contributed by atoms with Crippen molar-refractivity contribution in [3.05, 3.63) is 28.8 Å². The van der Waals surface area contributed by atoms with E-state index in [1.165, 1.54) is 6.07 Å². The average molecular weight is 264 g/mol. The molecule has 1 aromatic carbocycles. The van der Waals surface area contributed by atoms with E-state index in [1.807, 2.05) is 0 Å². The Kier molecular flexibility index (Phi) is 4.32. The van der Waals surface area contributed by atoms with E-state index in [9.17, 15) is 8.42 Å². The van der Waals surface area contributed by atoms with Crippen molar-refractivity contribution in [2.24, 2.45) is 0 Å². The highest BCUT2D eigenvalue weighted by Crippen LogP contribution is 2.20. The first-order valence-electron chi connectivity index (χ1n) is 4.76. The van der Waals surface area contributed by atoms with Gasteiger partial charge in [-0.2, -0.15) is 0 Å². The van der Waals surface area contributed by atoms with Crippen molar-refractivity contribution in [3.8, 4) is 0 Å². The van der Waals surface area contributed by atoms with Crippen LogP contribution < -0.4 is 4.72 Å². The number of rotatable bonds is 4. The van der Waals surface area contributed by atoms with Gasteiger partial charge in [0, 0.05) is 11.1 Å². The lowest BCUT2D eigenvalue weighted by molar-refractivity contribution is 0.265. The average Bonchev–Trinajstić information content (AvgIpc) is 2.20. The Morgan fingerprint density at radius 1 is 1.50 bits per heavy atom. The zero-order chi connectivity index (χ0) is 12.3. The van der Waals surface area contributed by atoms with Gasteiger partial charge in [0.2, 0.25) is 10.0 Å². The Bertz CT molecular complexity index is 473. The number of hydrogen-bond donors (Lipinski definition) is 2. The molecule has 0 aliphatic heterocycles. The van der Waals surface area contributed by atoms with Gasteiger partial charge < -0.3 is 5.11 Å². The first-order chi connectivity index (χ1) is 7.36. The molecular formula is C10H14ClNO3S. The Labute approximate surface area is 100 Å². The number of nitrogens with one attached hydrogen (secondary N) is 1. The highest BCUT2D eigenvalue weighted by atomic mass is 35.5. The predicted octanol–water partition coefficient (Wildman–Crippen LogP) is 1.31. The highest BCUT2D eigenvalue weighted by Gasteiger charge is 2.19. The Morgan fingerprint density at radius 3 is 2.69 bits per heavy atom. The van der Waals surface area contributed by atoms with Crippen LogP contribution in [0.4, 0.5) is 0 Å². The van der Waals surface area contributed by atoms with Crippen LogP contribution >= 0.6 is 11.6 Å². The summed E-state index contributed by atoms with van der Waals surface area (Å²) in [5.41, 5.74) is 0.613. The van der Waals surface area contributed by atoms with Crippen LogP contribution in [-0.2, 0) is 10.0 Å². The molecule has 0 aliphatic carbocycles. The minimum atomic E-state index is -3.62. The lowest BCUT2D eigenvalue weighted by atomic mass is 10.2. The summed E-state index contributed by atoms with van der Waals surface area (Å²) in [5.74, 6) is 0. The van der Waals surface area contributed by atoms with Gasteiger partial charge in [-0.1, -0.05) is 17.7 Å². The number of halogens is 1. The summed E-state index contributed by atoms with van der Waals surface area (Å²) in [4.78, 5) is 0.139. The standard InChI is InChI=1S/C10H14ClNO3S/c1-7-3-4-9(11)5-10(7)16(14,15)12-8(2)6-13/h3-5,8,12-13H,6H2,1-2H3/t8-/m0/s1. The lowest BCUT2D eigenvalue weighted by Crippen LogP contribution is -2.35. The molecule has 16 heavy (non-hydrogen) atoms. The van der Waals surface area contributed by atoms with Gasteiger partial charge in [0.05, 0.1) is 11.5 Å². The normalized spacial score (nSPS) is 13.8. The van der Waals surface area contributed by atoms with Crippen molar-refractivity contribution in [1.82, 2.24) is 4.72 Å². The number of aryl methyl sites for hydroxylation is 1. The second-order valence-electron chi connectivity index (χ2n) is 3.61. The molecule has 1 aromatic rings. The largest absolute Gasteiger partial charge is 0.395 e. The summed E-state index contributed by atoms with van der Waals surface area (Å²) >= 11 is 5.75. The molecule has 2 N–H and O–H groups in total. The molecule has 0 saturated heterocycles. The third-order valence-corrected chi connectivity index (χ3v) is 4.04. The summed E-state index contributed by atoms with van der Waals surface area (Å²) in [6.07, 6.45) is 0. The highest BCUT2D eigenvalue weighted by molar-refractivity contribution is 7.89. The molecule has 0 amide bonds. The van der Waals surface area contributed by atoms with Crippen LogP contribution in [0.1, 0.15) is 12.5 Å². The van der Waals surface area contributed by atoms with E-state index >= 15 is 0 Å². The molecule has 1 rings (SSSR count). The van der Waals surface area contributed by atoms with Crippen LogP contribution in [0.2, 0.25) is 5.02 Å². The summed E-state index contributed by atoms with van der Waals surface area (Å²) in [6, 6.07) is 4.14. The molecule has 0 bridgehead atoms. The molecule has 90 valence electrons. The van der Waals surface area contributed by atoms with E-state index in [0.29, 0.717) is 10.6 Å². The molecule has 0 heterocycles. The first-order valence-corrected chi connectivity index (χ1v) is 6.62. The molecule has 0 unspecified atom stereocenters. The van der Waals surface area contributed by atoms with Crippen molar-refractivity contribution in [2.45, 2.75) is 24.8 Å². The number of benzene rings is 1. The van der Waals surface area contributed by atoms with E-state index in [0.717, 1.165) is 0 Å². The van der Waals surface area contributed by atoms with Gasteiger partial charge in [-0.3, -0.25) is 0 Å². The summed E-state index contributed by atoms with van der Waals surface area (Å²) in [7, 11) is -3.62. The molecule has 4 nitrogen and oxygen atoms in total. The van der Waals surface area contributed by atoms with Crippen molar-refractivity contribution in [1.29, 1.82) is 0 Å². The monoisotopic (exact) mass is 263 g/mol. The van der Waals surface area contributed by atoms with Gasteiger partial charge in [-0.05, 0) is 31.5 Å². The van der Waals surface area contributed by atoms with Gasteiger partial charge in [0.25, 0.3) is 0 Å². The van der Waals surface area contributed by atoms with E-state index in [1.54, 1.807) is 26.0 Å². The third-order valence-electron chi connectivity index (χ3n) is 2.07. The van der Waals surface area contributed by atoms with Crippen LogP contribution in [0.25, 0.3) is 0 Å². The Hall–Kier alpha value is -0.620. The summed E-state index contributed by atoms with van der Waals surface area (Å²) < 4.78 is 26.1. The SMILES string of the molecule is Cc1ccc(Cl)cc1S(=O)(=O)N[C@@H](C)CO. The van der Waals surface area contributed by atoms with Crippen LogP contribution in [0, 0.1) is 6.92 Å². The minimum Gasteiger partial charge on any atom is -0.395 e. The summed E-state index contributed by atoms with van der Waals surface area (Å²) in [6.45, 7) is 3.02. The van der Waals surface area contributed by atoms with Crippen molar-refractivity contribution in [2.75, 3.05) is 6.61 Å². The van der Waals surface area contributed by atoms with Crippen LogP contribution in [-0.4, -0.2) is 26.2 Å². The van der Waals surface area contributed by atoms with Gasteiger partial charge in [-0.25, -0.2) is 13.1 Å². The van der Waals surface area contributed by atoms with Gasteiger partial charge in [-0.15, -0.1) is 0 Å². The number of aliphatic hydroxyl groups is 1. The number of aliphatic hydroxyl groups excluding tert-OH is 1. The van der Waals surface area contributed by atoms with Crippen molar-refractivity contribution in [3.63, 3.8) is 0 Å². The predicted molar refractivity (Wildman–Crippen MR) is 63.1 cm³/mol. The Balaban J connectivity index is 3.12. The van der Waals surface area contributed by atoms with E-state index in [4.69, 9.17) is 16.7 Å². The fourth-order valence-corrected chi connectivity index (χ4v) is 2.97. The topological polar surface area (TPSA) is 66.4 Å². The fraction of sp³-hybridized carbons (Fsp3) is 0.400. The number of hydrogen-bond acceptors (Lipinski definition) is 3. The maximum Gasteiger partial charge on any atom is 0.241 e. The second kappa shape index (κ2) is 5.14. The lowest BCUT2D eigenvalue weighted by Gasteiger charge is -2.13. The van der Waals surface area contributed by atoms with Gasteiger partial charge in [0.1, 0.15) is 0 Å². The van der Waals surface area contributed by atoms with Crippen LogP contribution in [0.3, 0.4) is 0 Å². The maximum absolute atomic E-state index is 11.9. The van der Waals surface area contributed by atoms with Crippen LogP contribution in [0.5, 0.6) is 0 Å². The molecule has 0 spiro atoms. The van der Waals surface area contributed by atoms with E-state index < -0.39 is 16.1 Å². The molecule has 0 saturated carbocycles. The minimum absolute atomic E-state index is 0.139. The molecular weight excluding hydrogens is 250 g/mol. The maximum atomic E-state index is 11.9. The molecule has 0 aromatic heterocycles. The third kappa shape index (κ3) is 3.18. The summed E-state index contributed by atoms with van der Waals surface area (Å²) in [5, 5.41) is 9.18. The quantitative estimate of drug-likeness (QED) is 0.861. The number of sulfonamides is 1. The van der Waals surface area contributed by atoms with Crippen molar-refractivity contribution >= 4 is 21.6 Å². The van der Waals surface area contributed by atoms with E-state index in [2.05, 4.69) is 4.72 Å². The molecule has 0 aliphatic rings. The molecule has 0 radical (unpaired) electrons. The van der Waals surface area contributed by atoms with Gasteiger partial charge >= 0.3 is 0 Å².